The summed E-state index contributed by atoms with van der Waals surface area (Å²) in [6.07, 6.45) is 3.69. The molecule has 3 aliphatic heterocycles. The third kappa shape index (κ3) is 2.67. The highest BCUT2D eigenvalue weighted by Crippen LogP contribution is 2.25. The Balaban J connectivity index is 1.48. The van der Waals surface area contributed by atoms with E-state index < -0.39 is 0 Å². The van der Waals surface area contributed by atoms with Crippen LogP contribution in [0.15, 0.2) is 41.3 Å². The van der Waals surface area contributed by atoms with Crippen molar-refractivity contribution in [1.29, 1.82) is 0 Å². The monoisotopic (exact) mass is 366 g/mol. The van der Waals surface area contributed by atoms with Crippen molar-refractivity contribution in [2.24, 2.45) is 4.99 Å². The fourth-order valence-corrected chi connectivity index (χ4v) is 3.71. The second-order valence-electron chi connectivity index (χ2n) is 6.80. The van der Waals surface area contributed by atoms with E-state index in [4.69, 9.17) is 4.74 Å². The smallest absolute Gasteiger partial charge is 0.268 e. The second kappa shape index (κ2) is 6.38. The number of hydrogen-bond acceptors (Lipinski definition) is 6. The summed E-state index contributed by atoms with van der Waals surface area (Å²) in [5, 5.41) is 8.55. The molecule has 0 aliphatic carbocycles. The predicted octanol–water partition coefficient (Wildman–Crippen LogP) is -0.462. The number of amides is 1. The van der Waals surface area contributed by atoms with Gasteiger partial charge in [-0.15, -0.1) is 5.10 Å². The molecule has 27 heavy (non-hydrogen) atoms. The van der Waals surface area contributed by atoms with Crippen molar-refractivity contribution in [3.8, 4) is 0 Å². The molecule has 4 heterocycles. The molecule has 1 N–H and O–H groups in total. The van der Waals surface area contributed by atoms with Gasteiger partial charge in [-0.3, -0.25) is 14.6 Å². The minimum absolute atomic E-state index is 0.0407. The molecule has 2 aromatic rings. The van der Waals surface area contributed by atoms with E-state index in [9.17, 15) is 4.79 Å². The van der Waals surface area contributed by atoms with Gasteiger partial charge in [0.2, 0.25) is 12.2 Å². The molecule has 1 atom stereocenters. The first kappa shape index (κ1) is 16.3. The first-order chi connectivity index (χ1) is 13.2. The van der Waals surface area contributed by atoms with E-state index in [1.807, 2.05) is 30.5 Å². The molecule has 0 bridgehead atoms. The zero-order valence-electron chi connectivity index (χ0n) is 15.0. The number of carbonyl (C=O) groups is 1. The maximum absolute atomic E-state index is 12.8. The van der Waals surface area contributed by atoms with E-state index in [0.717, 1.165) is 55.0 Å². The van der Waals surface area contributed by atoms with Crippen molar-refractivity contribution in [2.75, 3.05) is 33.4 Å². The van der Waals surface area contributed by atoms with Gasteiger partial charge in [0.05, 0.1) is 25.1 Å². The number of aliphatic imine (C=N–C) groups is 1. The Morgan fingerprint density at radius 2 is 2.04 bits per heavy atom. The summed E-state index contributed by atoms with van der Waals surface area (Å²) in [4.78, 5) is 22.2. The maximum atomic E-state index is 12.8. The summed E-state index contributed by atoms with van der Waals surface area (Å²) >= 11 is 0. The van der Waals surface area contributed by atoms with E-state index in [-0.39, 0.29) is 5.91 Å². The molecule has 0 saturated carbocycles. The van der Waals surface area contributed by atoms with Gasteiger partial charge in [0.15, 0.2) is 5.69 Å². The van der Waals surface area contributed by atoms with Crippen molar-refractivity contribution in [3.63, 3.8) is 0 Å². The van der Waals surface area contributed by atoms with Crippen molar-refractivity contribution >= 4 is 23.8 Å². The molecular weight excluding hydrogens is 346 g/mol. The maximum Gasteiger partial charge on any atom is 0.268 e. The van der Waals surface area contributed by atoms with Crippen LogP contribution in [-0.2, 0) is 11.3 Å². The number of ether oxygens (including phenoxy) is 1. The quantitative estimate of drug-likeness (QED) is 0.795. The minimum atomic E-state index is -0.0407. The summed E-state index contributed by atoms with van der Waals surface area (Å²) in [6.45, 7) is 4.01. The summed E-state index contributed by atoms with van der Waals surface area (Å²) in [7, 11) is 1.77. The average Bonchev–Trinajstić information content (AvgIpc) is 3.34. The van der Waals surface area contributed by atoms with Crippen LogP contribution in [0.1, 0.15) is 16.1 Å². The molecular formula is C18H20N7O2+. The molecule has 0 spiro atoms. The first-order valence-electron chi connectivity index (χ1n) is 8.97. The van der Waals surface area contributed by atoms with Crippen molar-refractivity contribution in [1.82, 2.24) is 24.8 Å². The molecule has 3 aliphatic rings. The van der Waals surface area contributed by atoms with Crippen LogP contribution in [0.5, 0.6) is 0 Å². The Kier molecular flexibility index (Phi) is 3.85. The lowest BCUT2D eigenvalue weighted by Crippen LogP contribution is -3.06. The highest BCUT2D eigenvalue weighted by atomic mass is 16.5. The third-order valence-corrected chi connectivity index (χ3v) is 5.12. The Labute approximate surface area is 156 Å². The second-order valence-corrected chi connectivity index (χ2v) is 6.80. The molecule has 1 unspecified atom stereocenters. The number of aromatic nitrogens is 3. The normalized spacial score (nSPS) is 22.3. The number of nitrogens with one attached hydrogen (secondary N) is 1. The molecule has 1 aromatic heterocycles. The van der Waals surface area contributed by atoms with Gasteiger partial charge >= 0.3 is 0 Å². The number of quaternary nitrogens is 1. The molecule has 9 nitrogen and oxygen atoms in total. The Morgan fingerprint density at radius 3 is 2.89 bits per heavy atom. The first-order valence-corrected chi connectivity index (χ1v) is 8.97. The van der Waals surface area contributed by atoms with E-state index in [1.54, 1.807) is 23.0 Å². The lowest BCUT2D eigenvalue weighted by molar-refractivity contribution is -0.685. The molecule has 9 heteroatoms. The Hall–Kier alpha value is -2.88. The summed E-state index contributed by atoms with van der Waals surface area (Å²) in [6, 6.07) is 7.61. The SMILES string of the molecule is CN1C(=O)c2ccccc2[NH+]2C=NC(n3cc(CN4CCOCC4)nn3)=C12. The fraction of sp³-hybridized carbons (Fsp3) is 0.333. The number of carbonyl (C=O) groups excluding carboxylic acids is 1. The van der Waals surface area contributed by atoms with E-state index in [2.05, 4.69) is 20.2 Å². The van der Waals surface area contributed by atoms with Gasteiger partial charge in [0, 0.05) is 32.7 Å². The van der Waals surface area contributed by atoms with Crippen LogP contribution in [-0.4, -0.2) is 70.4 Å². The van der Waals surface area contributed by atoms with Gasteiger partial charge in [-0.1, -0.05) is 17.3 Å². The van der Waals surface area contributed by atoms with E-state index in [0.29, 0.717) is 11.4 Å². The lowest BCUT2D eigenvalue weighted by atomic mass is 10.1. The lowest BCUT2D eigenvalue weighted by Gasteiger charge is -2.28. The number of hydrogen-bond donors (Lipinski definition) is 1. The van der Waals surface area contributed by atoms with Crippen LogP contribution in [0.25, 0.3) is 5.82 Å². The number of fused-ring (bicyclic) bond motifs is 3. The molecule has 0 radical (unpaired) electrons. The van der Waals surface area contributed by atoms with Gasteiger partial charge in [-0.2, -0.15) is 9.67 Å². The highest BCUT2D eigenvalue weighted by Gasteiger charge is 2.42. The number of benzene rings is 1. The highest BCUT2D eigenvalue weighted by molar-refractivity contribution is 6.01. The van der Waals surface area contributed by atoms with Crippen LogP contribution in [0, 0.1) is 0 Å². The molecule has 1 fully saturated rings. The third-order valence-electron chi connectivity index (χ3n) is 5.12. The topological polar surface area (TPSA) is 80.3 Å². The zero-order chi connectivity index (χ0) is 18.4. The van der Waals surface area contributed by atoms with Gasteiger partial charge in [0.25, 0.3) is 11.7 Å². The van der Waals surface area contributed by atoms with Crippen LogP contribution < -0.4 is 4.90 Å². The molecule has 138 valence electrons. The van der Waals surface area contributed by atoms with E-state index in [1.165, 1.54) is 0 Å². The summed E-state index contributed by atoms with van der Waals surface area (Å²) in [5.41, 5.74) is 2.47. The number of nitrogens with zero attached hydrogens (tertiary/aromatic N) is 6. The summed E-state index contributed by atoms with van der Waals surface area (Å²) < 4.78 is 7.04. The van der Waals surface area contributed by atoms with E-state index >= 15 is 0 Å². The molecule has 1 aromatic carbocycles. The fourth-order valence-electron chi connectivity index (χ4n) is 3.71. The van der Waals surface area contributed by atoms with Gasteiger partial charge < -0.3 is 4.74 Å². The minimum Gasteiger partial charge on any atom is -0.379 e. The van der Waals surface area contributed by atoms with Crippen molar-refractivity contribution in [2.45, 2.75) is 6.54 Å². The van der Waals surface area contributed by atoms with Crippen LogP contribution in [0.3, 0.4) is 0 Å². The van der Waals surface area contributed by atoms with Gasteiger partial charge in [-0.05, 0) is 6.07 Å². The zero-order valence-corrected chi connectivity index (χ0v) is 15.0. The average molecular weight is 366 g/mol. The van der Waals surface area contributed by atoms with Crippen molar-refractivity contribution < 1.29 is 14.4 Å². The number of para-hydroxylation sites is 1. The van der Waals surface area contributed by atoms with Gasteiger partial charge in [0.1, 0.15) is 5.56 Å². The summed E-state index contributed by atoms with van der Waals surface area (Å²) in [5.74, 6) is 1.35. The predicted molar refractivity (Wildman–Crippen MR) is 97.0 cm³/mol. The Bertz CT molecular complexity index is 958. The standard InChI is InChI=1S/C18H19N7O2/c1-22-17-16(19-12-24(17)15-5-3-2-4-14(15)18(22)26)25-11-13(20-21-25)10-23-6-8-27-9-7-23/h2-5,11-12H,6-10H2,1H3/p+1. The van der Waals surface area contributed by atoms with Crippen LogP contribution >= 0.6 is 0 Å². The molecule has 5 rings (SSSR count). The van der Waals surface area contributed by atoms with Crippen LogP contribution in [0.2, 0.25) is 0 Å². The van der Waals surface area contributed by atoms with Gasteiger partial charge in [-0.25, -0.2) is 4.90 Å². The van der Waals surface area contributed by atoms with Crippen LogP contribution in [0.4, 0.5) is 5.69 Å². The number of rotatable bonds is 3. The molecule has 1 saturated heterocycles. The van der Waals surface area contributed by atoms with Crippen molar-refractivity contribution in [3.05, 3.63) is 47.5 Å². The molecule has 1 amide bonds. The number of morpholine rings is 1. The Morgan fingerprint density at radius 1 is 1.22 bits per heavy atom. The largest absolute Gasteiger partial charge is 0.379 e.